The van der Waals surface area contributed by atoms with E-state index >= 15 is 0 Å². The molecule has 1 fully saturated rings. The lowest BCUT2D eigenvalue weighted by Gasteiger charge is -2.28. The predicted octanol–water partition coefficient (Wildman–Crippen LogP) is 3.86. The van der Waals surface area contributed by atoms with E-state index in [-0.39, 0.29) is 11.8 Å². The molecule has 0 unspecified atom stereocenters. The third kappa shape index (κ3) is 3.57. The minimum atomic E-state index is -0.392. The fourth-order valence-corrected chi connectivity index (χ4v) is 3.12. The SMILES string of the molecule is CC(=O)c1cc(F)ccc1NC1CCC(c2nc(C)no2)CC1. The van der Waals surface area contributed by atoms with Gasteiger partial charge < -0.3 is 9.84 Å². The summed E-state index contributed by atoms with van der Waals surface area (Å²) in [6, 6.07) is 4.57. The van der Waals surface area contributed by atoms with Crippen molar-refractivity contribution in [3.8, 4) is 0 Å². The molecule has 122 valence electrons. The van der Waals surface area contributed by atoms with Crippen LogP contribution >= 0.6 is 0 Å². The lowest BCUT2D eigenvalue weighted by molar-refractivity contribution is 0.101. The number of aryl methyl sites for hydroxylation is 1. The van der Waals surface area contributed by atoms with E-state index in [0.717, 1.165) is 25.7 Å². The van der Waals surface area contributed by atoms with Gasteiger partial charge in [0.25, 0.3) is 0 Å². The van der Waals surface area contributed by atoms with Crippen LogP contribution in [0.1, 0.15) is 60.6 Å². The molecule has 23 heavy (non-hydrogen) atoms. The van der Waals surface area contributed by atoms with Crippen LogP contribution < -0.4 is 5.32 Å². The number of aromatic nitrogens is 2. The highest BCUT2D eigenvalue weighted by Crippen LogP contribution is 2.33. The molecule has 1 aliphatic rings. The van der Waals surface area contributed by atoms with E-state index in [1.165, 1.54) is 19.1 Å². The summed E-state index contributed by atoms with van der Waals surface area (Å²) in [6.07, 6.45) is 3.80. The summed E-state index contributed by atoms with van der Waals surface area (Å²) >= 11 is 0. The molecule has 0 amide bonds. The Balaban J connectivity index is 1.64. The zero-order valence-corrected chi connectivity index (χ0v) is 13.3. The lowest BCUT2D eigenvalue weighted by Crippen LogP contribution is -2.26. The molecular formula is C17H20FN3O2. The molecule has 3 rings (SSSR count). The fraction of sp³-hybridized carbons (Fsp3) is 0.471. The second-order valence-electron chi connectivity index (χ2n) is 6.12. The molecule has 1 saturated carbocycles. The van der Waals surface area contributed by atoms with Crippen LogP contribution in [0, 0.1) is 12.7 Å². The first-order chi connectivity index (χ1) is 11.0. The summed E-state index contributed by atoms with van der Waals surface area (Å²) in [6.45, 7) is 3.27. The average molecular weight is 317 g/mol. The van der Waals surface area contributed by atoms with E-state index in [1.54, 1.807) is 6.07 Å². The molecule has 0 saturated heterocycles. The molecule has 0 spiro atoms. The number of hydrogen-bond acceptors (Lipinski definition) is 5. The molecule has 6 heteroatoms. The van der Waals surface area contributed by atoms with Crippen molar-refractivity contribution in [2.75, 3.05) is 5.32 Å². The minimum Gasteiger partial charge on any atom is -0.382 e. The number of anilines is 1. The fourth-order valence-electron chi connectivity index (χ4n) is 3.12. The first kappa shape index (κ1) is 15.6. The number of ketones is 1. The van der Waals surface area contributed by atoms with Crippen molar-refractivity contribution in [1.82, 2.24) is 10.1 Å². The topological polar surface area (TPSA) is 68.0 Å². The van der Waals surface area contributed by atoms with Crippen molar-refractivity contribution < 1.29 is 13.7 Å². The number of hydrogen-bond donors (Lipinski definition) is 1. The molecule has 1 aromatic carbocycles. The largest absolute Gasteiger partial charge is 0.382 e. The Morgan fingerprint density at radius 2 is 2.04 bits per heavy atom. The molecule has 0 atom stereocenters. The number of halogens is 1. The van der Waals surface area contributed by atoms with Gasteiger partial charge in [-0.25, -0.2) is 4.39 Å². The third-order valence-corrected chi connectivity index (χ3v) is 4.34. The summed E-state index contributed by atoms with van der Waals surface area (Å²) in [4.78, 5) is 16.0. The van der Waals surface area contributed by atoms with Crippen molar-refractivity contribution in [2.45, 2.75) is 51.5 Å². The maximum Gasteiger partial charge on any atom is 0.229 e. The van der Waals surface area contributed by atoms with Crippen molar-refractivity contribution >= 4 is 11.5 Å². The van der Waals surface area contributed by atoms with Crippen molar-refractivity contribution in [3.63, 3.8) is 0 Å². The normalized spacial score (nSPS) is 21.2. The molecule has 1 aromatic heterocycles. The highest BCUT2D eigenvalue weighted by molar-refractivity contribution is 5.99. The number of carbonyl (C=O) groups excluding carboxylic acids is 1. The Bertz CT molecular complexity index is 706. The van der Waals surface area contributed by atoms with Gasteiger partial charge in [-0.05, 0) is 57.7 Å². The molecule has 5 nitrogen and oxygen atoms in total. The summed E-state index contributed by atoms with van der Waals surface area (Å²) in [7, 11) is 0. The van der Waals surface area contributed by atoms with Crippen LogP contribution in [0.4, 0.5) is 10.1 Å². The van der Waals surface area contributed by atoms with Gasteiger partial charge in [0, 0.05) is 23.2 Å². The number of nitrogens with zero attached hydrogens (tertiary/aromatic N) is 2. The first-order valence-electron chi connectivity index (χ1n) is 7.90. The minimum absolute atomic E-state index is 0.137. The molecular weight excluding hydrogens is 297 g/mol. The van der Waals surface area contributed by atoms with E-state index in [0.29, 0.717) is 28.9 Å². The monoisotopic (exact) mass is 317 g/mol. The first-order valence-corrected chi connectivity index (χ1v) is 7.90. The van der Waals surface area contributed by atoms with Gasteiger partial charge in [0.05, 0.1) is 0 Å². The number of Topliss-reactive ketones (excluding diaryl/α,β-unsaturated/α-hetero) is 1. The molecule has 0 bridgehead atoms. The Morgan fingerprint density at radius 3 is 2.65 bits per heavy atom. The Morgan fingerprint density at radius 1 is 1.30 bits per heavy atom. The Hall–Kier alpha value is -2.24. The zero-order valence-electron chi connectivity index (χ0n) is 13.3. The zero-order chi connectivity index (χ0) is 16.4. The maximum atomic E-state index is 13.3. The van der Waals surface area contributed by atoms with Gasteiger partial charge >= 0.3 is 0 Å². The summed E-state index contributed by atoms with van der Waals surface area (Å²) < 4.78 is 18.6. The van der Waals surface area contributed by atoms with E-state index in [4.69, 9.17) is 4.52 Å². The molecule has 2 aromatic rings. The smallest absolute Gasteiger partial charge is 0.229 e. The van der Waals surface area contributed by atoms with Gasteiger partial charge in [0.1, 0.15) is 5.82 Å². The van der Waals surface area contributed by atoms with Crippen LogP contribution in [0.25, 0.3) is 0 Å². The second-order valence-corrected chi connectivity index (χ2v) is 6.12. The van der Waals surface area contributed by atoms with Gasteiger partial charge in [0.2, 0.25) is 5.89 Å². The van der Waals surface area contributed by atoms with E-state index < -0.39 is 5.82 Å². The van der Waals surface area contributed by atoms with Gasteiger partial charge in [-0.15, -0.1) is 0 Å². The van der Waals surface area contributed by atoms with Gasteiger partial charge in [-0.1, -0.05) is 5.16 Å². The number of nitrogens with one attached hydrogen (secondary N) is 1. The van der Waals surface area contributed by atoms with Crippen LogP contribution in [-0.2, 0) is 0 Å². The molecule has 0 aliphatic heterocycles. The second kappa shape index (κ2) is 6.48. The summed E-state index contributed by atoms with van der Waals surface area (Å²) in [5.74, 6) is 1.15. The van der Waals surface area contributed by atoms with Crippen molar-refractivity contribution in [1.29, 1.82) is 0 Å². The summed E-state index contributed by atoms with van der Waals surface area (Å²) in [5, 5.41) is 7.22. The van der Waals surface area contributed by atoms with Crippen LogP contribution in [0.2, 0.25) is 0 Å². The maximum absolute atomic E-state index is 13.3. The third-order valence-electron chi connectivity index (χ3n) is 4.34. The highest BCUT2D eigenvalue weighted by atomic mass is 19.1. The molecule has 1 heterocycles. The van der Waals surface area contributed by atoms with Gasteiger partial charge in [-0.3, -0.25) is 4.79 Å². The van der Waals surface area contributed by atoms with Crippen molar-refractivity contribution in [3.05, 3.63) is 41.3 Å². The van der Waals surface area contributed by atoms with Gasteiger partial charge in [0.15, 0.2) is 11.6 Å². The van der Waals surface area contributed by atoms with Crippen LogP contribution in [-0.4, -0.2) is 22.0 Å². The van der Waals surface area contributed by atoms with Crippen LogP contribution in [0.3, 0.4) is 0 Å². The van der Waals surface area contributed by atoms with E-state index in [2.05, 4.69) is 15.5 Å². The van der Waals surface area contributed by atoms with E-state index in [9.17, 15) is 9.18 Å². The van der Waals surface area contributed by atoms with Crippen LogP contribution in [0.5, 0.6) is 0 Å². The highest BCUT2D eigenvalue weighted by Gasteiger charge is 2.26. The lowest BCUT2D eigenvalue weighted by atomic mass is 9.85. The Labute approximate surface area is 134 Å². The number of benzene rings is 1. The molecule has 1 N–H and O–H groups in total. The molecule has 1 aliphatic carbocycles. The predicted molar refractivity (Wildman–Crippen MR) is 84.1 cm³/mol. The molecule has 0 radical (unpaired) electrons. The standard InChI is InChI=1S/C17H20FN3O2/c1-10(22)15-9-13(18)5-8-16(15)20-14-6-3-12(4-7-14)17-19-11(2)21-23-17/h5,8-9,12,14,20H,3-4,6-7H2,1-2H3. The van der Waals surface area contributed by atoms with Gasteiger partial charge in [-0.2, -0.15) is 4.98 Å². The quantitative estimate of drug-likeness (QED) is 0.867. The number of carbonyl (C=O) groups is 1. The van der Waals surface area contributed by atoms with Crippen molar-refractivity contribution in [2.24, 2.45) is 0 Å². The van der Waals surface area contributed by atoms with E-state index in [1.807, 2.05) is 6.92 Å². The van der Waals surface area contributed by atoms with Crippen LogP contribution in [0.15, 0.2) is 22.7 Å². The Kier molecular flexibility index (Phi) is 4.41. The number of rotatable bonds is 4. The summed E-state index contributed by atoms with van der Waals surface area (Å²) in [5.41, 5.74) is 1.11. The average Bonchev–Trinajstić information content (AvgIpc) is 2.96.